The standard InChI is InChI=1S/C21H21F6N3O3/c22-20(23,24)16-4-1-9-28-18(16)30-10-2-3-14(12-30)19(32)29-11-17(31)13-5-7-15(8-6-13)33-21(25,26)27/h1,4-9,14,17,31H,2-3,10-12H2,(H,29,32). The number of hydrogen-bond donors (Lipinski definition) is 2. The van der Waals surface area contributed by atoms with Gasteiger partial charge in [-0.3, -0.25) is 4.79 Å². The van der Waals surface area contributed by atoms with Gasteiger partial charge in [0.2, 0.25) is 5.91 Å². The molecule has 2 heterocycles. The number of ether oxygens (including phenoxy) is 1. The van der Waals surface area contributed by atoms with Crippen LogP contribution in [0.1, 0.15) is 30.1 Å². The van der Waals surface area contributed by atoms with Crippen LogP contribution in [0, 0.1) is 5.92 Å². The largest absolute Gasteiger partial charge is 0.573 e. The molecule has 1 aliphatic heterocycles. The molecule has 0 bridgehead atoms. The molecule has 1 aromatic heterocycles. The minimum absolute atomic E-state index is 0.0332. The Bertz CT molecular complexity index is 949. The summed E-state index contributed by atoms with van der Waals surface area (Å²) in [4.78, 5) is 17.8. The van der Waals surface area contributed by atoms with Crippen LogP contribution in [0.4, 0.5) is 32.2 Å². The molecule has 2 unspecified atom stereocenters. The summed E-state index contributed by atoms with van der Waals surface area (Å²) in [6, 6.07) is 6.69. The summed E-state index contributed by atoms with van der Waals surface area (Å²) in [5, 5.41) is 12.8. The summed E-state index contributed by atoms with van der Waals surface area (Å²) in [7, 11) is 0. The van der Waals surface area contributed by atoms with Crippen molar-refractivity contribution < 1.29 is 41.0 Å². The first-order valence-corrected chi connectivity index (χ1v) is 10.0. The lowest BCUT2D eigenvalue weighted by molar-refractivity contribution is -0.274. The van der Waals surface area contributed by atoms with Crippen molar-refractivity contribution in [2.24, 2.45) is 5.92 Å². The molecule has 3 rings (SSSR count). The average molecular weight is 477 g/mol. The van der Waals surface area contributed by atoms with Gasteiger partial charge in [-0.2, -0.15) is 13.2 Å². The lowest BCUT2D eigenvalue weighted by Crippen LogP contribution is -2.44. The van der Waals surface area contributed by atoms with E-state index < -0.39 is 41.8 Å². The number of aromatic nitrogens is 1. The third-order valence-electron chi connectivity index (χ3n) is 5.15. The summed E-state index contributed by atoms with van der Waals surface area (Å²) in [5.41, 5.74) is -0.613. The van der Waals surface area contributed by atoms with Gasteiger partial charge in [-0.15, -0.1) is 13.2 Å². The van der Waals surface area contributed by atoms with Crippen molar-refractivity contribution in [1.29, 1.82) is 0 Å². The zero-order valence-corrected chi connectivity index (χ0v) is 17.2. The monoisotopic (exact) mass is 477 g/mol. The minimum atomic E-state index is -4.84. The van der Waals surface area contributed by atoms with E-state index in [4.69, 9.17) is 0 Å². The molecule has 2 aromatic rings. The Labute approximate surface area is 185 Å². The first kappa shape index (κ1) is 24.6. The fourth-order valence-electron chi connectivity index (χ4n) is 3.60. The van der Waals surface area contributed by atoms with Crippen LogP contribution in [-0.4, -0.2) is 42.0 Å². The number of nitrogens with zero attached hydrogens (tertiary/aromatic N) is 2. The lowest BCUT2D eigenvalue weighted by atomic mass is 9.96. The van der Waals surface area contributed by atoms with E-state index in [-0.39, 0.29) is 24.5 Å². The maximum Gasteiger partial charge on any atom is 0.573 e. The number of alkyl halides is 6. The first-order chi connectivity index (χ1) is 15.4. The van der Waals surface area contributed by atoms with Gasteiger partial charge in [-0.25, -0.2) is 4.98 Å². The van der Waals surface area contributed by atoms with E-state index in [1.54, 1.807) is 0 Å². The van der Waals surface area contributed by atoms with Gasteiger partial charge in [0, 0.05) is 25.8 Å². The zero-order valence-electron chi connectivity index (χ0n) is 17.2. The molecule has 6 nitrogen and oxygen atoms in total. The van der Waals surface area contributed by atoms with E-state index in [0.29, 0.717) is 19.4 Å². The fourth-order valence-corrected chi connectivity index (χ4v) is 3.60. The van der Waals surface area contributed by atoms with E-state index in [2.05, 4.69) is 15.0 Å². The minimum Gasteiger partial charge on any atom is -0.406 e. The number of rotatable bonds is 6. The van der Waals surface area contributed by atoms with Crippen molar-refractivity contribution in [2.45, 2.75) is 31.5 Å². The van der Waals surface area contributed by atoms with Crippen molar-refractivity contribution in [3.05, 3.63) is 53.7 Å². The highest BCUT2D eigenvalue weighted by Crippen LogP contribution is 2.36. The first-order valence-electron chi connectivity index (χ1n) is 10.0. The normalized spacial score (nSPS) is 18.0. The number of hydrogen-bond acceptors (Lipinski definition) is 5. The Morgan fingerprint density at radius 2 is 1.88 bits per heavy atom. The Balaban J connectivity index is 1.58. The average Bonchev–Trinajstić information content (AvgIpc) is 2.76. The molecule has 1 fully saturated rings. The van der Waals surface area contributed by atoms with Gasteiger partial charge in [-0.1, -0.05) is 12.1 Å². The van der Waals surface area contributed by atoms with Gasteiger partial charge in [-0.05, 0) is 42.7 Å². The molecular formula is C21H21F6N3O3. The molecule has 0 spiro atoms. The lowest BCUT2D eigenvalue weighted by Gasteiger charge is -2.34. The second-order valence-electron chi connectivity index (χ2n) is 7.54. The second-order valence-corrected chi connectivity index (χ2v) is 7.54. The van der Waals surface area contributed by atoms with Crippen molar-refractivity contribution >= 4 is 11.7 Å². The van der Waals surface area contributed by atoms with E-state index in [1.807, 2.05) is 0 Å². The van der Waals surface area contributed by atoms with Gasteiger partial charge in [0.1, 0.15) is 11.6 Å². The van der Waals surface area contributed by atoms with Gasteiger partial charge < -0.3 is 20.1 Å². The van der Waals surface area contributed by atoms with Crippen molar-refractivity contribution in [3.8, 4) is 5.75 Å². The number of carbonyl (C=O) groups is 1. The number of carbonyl (C=O) groups excluding carboxylic acids is 1. The third-order valence-corrected chi connectivity index (χ3v) is 5.15. The van der Waals surface area contributed by atoms with Crippen LogP contribution in [0.25, 0.3) is 0 Å². The van der Waals surface area contributed by atoms with E-state index in [1.165, 1.54) is 29.3 Å². The Kier molecular flexibility index (Phi) is 7.35. The number of amides is 1. The molecule has 12 heteroatoms. The Morgan fingerprint density at radius 3 is 2.52 bits per heavy atom. The highest BCUT2D eigenvalue weighted by Gasteiger charge is 2.37. The summed E-state index contributed by atoms with van der Waals surface area (Å²) >= 11 is 0. The Hall–Kier alpha value is -3.02. The topological polar surface area (TPSA) is 74.7 Å². The predicted molar refractivity (Wildman–Crippen MR) is 105 cm³/mol. The Morgan fingerprint density at radius 1 is 1.18 bits per heavy atom. The highest BCUT2D eigenvalue weighted by atomic mass is 19.4. The molecule has 0 aliphatic carbocycles. The summed E-state index contributed by atoms with van der Waals surface area (Å²) in [6.07, 6.45) is -8.41. The van der Waals surface area contributed by atoms with Crippen LogP contribution in [0.5, 0.6) is 5.75 Å². The van der Waals surface area contributed by atoms with Crippen LogP contribution < -0.4 is 15.0 Å². The predicted octanol–water partition coefficient (Wildman–Crippen LogP) is 4.07. The third kappa shape index (κ3) is 6.73. The van der Waals surface area contributed by atoms with Crippen LogP contribution in [0.15, 0.2) is 42.6 Å². The summed E-state index contributed by atoms with van der Waals surface area (Å²) in [5.74, 6) is -1.74. The van der Waals surface area contributed by atoms with Gasteiger partial charge in [0.15, 0.2) is 0 Å². The second kappa shape index (κ2) is 9.86. The number of piperidine rings is 1. The quantitative estimate of drug-likeness (QED) is 0.614. The number of anilines is 1. The highest BCUT2D eigenvalue weighted by molar-refractivity contribution is 5.79. The molecule has 2 atom stereocenters. The molecule has 0 saturated carbocycles. The van der Waals surface area contributed by atoms with Crippen molar-refractivity contribution in [2.75, 3.05) is 24.5 Å². The van der Waals surface area contributed by atoms with Crippen molar-refractivity contribution in [1.82, 2.24) is 10.3 Å². The van der Waals surface area contributed by atoms with E-state index in [0.717, 1.165) is 18.2 Å². The van der Waals surface area contributed by atoms with Crippen molar-refractivity contribution in [3.63, 3.8) is 0 Å². The molecule has 1 aromatic carbocycles. The van der Waals surface area contributed by atoms with Gasteiger partial charge in [0.25, 0.3) is 0 Å². The molecule has 1 saturated heterocycles. The molecule has 0 radical (unpaired) electrons. The van der Waals surface area contributed by atoms with Gasteiger partial charge in [0.05, 0.1) is 17.6 Å². The molecule has 1 amide bonds. The maximum atomic E-state index is 13.3. The summed E-state index contributed by atoms with van der Waals surface area (Å²) < 4.78 is 80.3. The van der Waals surface area contributed by atoms with Crippen LogP contribution in [0.2, 0.25) is 0 Å². The van der Waals surface area contributed by atoms with Crippen LogP contribution >= 0.6 is 0 Å². The van der Waals surface area contributed by atoms with Gasteiger partial charge >= 0.3 is 12.5 Å². The fraction of sp³-hybridized carbons (Fsp3) is 0.429. The molecule has 180 valence electrons. The van der Waals surface area contributed by atoms with Crippen LogP contribution in [0.3, 0.4) is 0 Å². The number of aliphatic hydroxyl groups is 1. The summed E-state index contributed by atoms with van der Waals surface area (Å²) in [6.45, 7) is 0.135. The molecule has 33 heavy (non-hydrogen) atoms. The zero-order chi connectivity index (χ0) is 24.2. The molecule has 2 N–H and O–H groups in total. The number of aliphatic hydroxyl groups excluding tert-OH is 1. The number of benzene rings is 1. The van der Waals surface area contributed by atoms with E-state index >= 15 is 0 Å². The van der Waals surface area contributed by atoms with Crippen LogP contribution in [-0.2, 0) is 11.0 Å². The number of nitrogens with one attached hydrogen (secondary N) is 1. The maximum absolute atomic E-state index is 13.3. The number of halogens is 6. The molecular weight excluding hydrogens is 456 g/mol. The number of pyridine rings is 1. The smallest absolute Gasteiger partial charge is 0.406 e. The van der Waals surface area contributed by atoms with E-state index in [9.17, 15) is 36.2 Å². The molecule has 1 aliphatic rings. The SMILES string of the molecule is O=C(NCC(O)c1ccc(OC(F)(F)F)cc1)C1CCCN(c2ncccc2C(F)(F)F)C1.